The van der Waals surface area contributed by atoms with E-state index in [1.165, 1.54) is 96.3 Å². The summed E-state index contributed by atoms with van der Waals surface area (Å²) in [7, 11) is 0. The quantitative estimate of drug-likeness (QED) is 0.0365. The van der Waals surface area contributed by atoms with Crippen LogP contribution >= 0.6 is 11.6 Å². The van der Waals surface area contributed by atoms with Crippen LogP contribution in [0, 0.1) is 0 Å². The fourth-order valence-electron chi connectivity index (χ4n) is 4.78. The van der Waals surface area contributed by atoms with Gasteiger partial charge in [0.05, 0.1) is 72.7 Å². The fraction of sp³-hybridized carbons (Fsp3) is 0.972. The molecule has 0 spiro atoms. The average Bonchev–Trinajstić information content (AvgIpc) is 3.05. The number of rotatable bonds is 40. The third-order valence-electron chi connectivity index (χ3n) is 7.51. The standard InChI is InChI=1S/C36H71ClO8/c1-2-3-4-5-6-7-8-9-10-11-12-13-14-15-18-21-36(38)45-35-34-44-33-32-43-31-30-42-29-28-41-27-26-40-25-24-39-23-20-17-16-19-22-37/h2-35H2,1H3. The Morgan fingerprint density at radius 1 is 0.378 bits per heavy atom. The highest BCUT2D eigenvalue weighted by Crippen LogP contribution is 2.14. The summed E-state index contributed by atoms with van der Waals surface area (Å²) < 4.78 is 38.2. The molecule has 0 aliphatic carbocycles. The third kappa shape index (κ3) is 41.5. The van der Waals surface area contributed by atoms with E-state index in [4.69, 9.17) is 44.8 Å². The molecule has 0 aromatic heterocycles. The number of esters is 1. The fourth-order valence-corrected chi connectivity index (χ4v) is 4.97. The SMILES string of the molecule is CCCCCCCCCCCCCCCCCC(=O)OCCOCCOCCOCCOCCOCCOCCCCCCCl. The van der Waals surface area contributed by atoms with Crippen LogP contribution in [0.3, 0.4) is 0 Å². The van der Waals surface area contributed by atoms with Gasteiger partial charge in [-0.2, -0.15) is 0 Å². The minimum absolute atomic E-state index is 0.122. The summed E-state index contributed by atoms with van der Waals surface area (Å²) in [4.78, 5) is 11.9. The first-order valence-electron chi connectivity index (χ1n) is 18.5. The molecule has 0 amide bonds. The maximum atomic E-state index is 11.9. The van der Waals surface area contributed by atoms with Crippen molar-refractivity contribution in [3.63, 3.8) is 0 Å². The first kappa shape index (κ1) is 44.5. The van der Waals surface area contributed by atoms with Gasteiger partial charge < -0.3 is 33.2 Å². The molecule has 0 aliphatic heterocycles. The summed E-state index contributed by atoms with van der Waals surface area (Å²) in [6.45, 7) is 9.11. The van der Waals surface area contributed by atoms with Crippen molar-refractivity contribution in [1.29, 1.82) is 0 Å². The Morgan fingerprint density at radius 2 is 0.689 bits per heavy atom. The van der Waals surface area contributed by atoms with Crippen LogP contribution in [0.2, 0.25) is 0 Å². The van der Waals surface area contributed by atoms with Crippen molar-refractivity contribution in [3.8, 4) is 0 Å². The maximum absolute atomic E-state index is 11.9. The largest absolute Gasteiger partial charge is 0.463 e. The summed E-state index contributed by atoms with van der Waals surface area (Å²) in [5, 5.41) is 0. The second-order valence-electron chi connectivity index (χ2n) is 11.7. The molecule has 0 rings (SSSR count). The Morgan fingerprint density at radius 3 is 1.09 bits per heavy atom. The minimum atomic E-state index is -0.122. The molecular formula is C36H71ClO8. The number of hydrogen-bond donors (Lipinski definition) is 0. The predicted molar refractivity (Wildman–Crippen MR) is 185 cm³/mol. The molecule has 0 heterocycles. The Kier molecular flexibility index (Phi) is 41.1. The average molecular weight is 667 g/mol. The third-order valence-corrected chi connectivity index (χ3v) is 7.77. The Labute approximate surface area is 282 Å². The molecule has 8 nitrogen and oxygen atoms in total. The van der Waals surface area contributed by atoms with Gasteiger partial charge in [-0.3, -0.25) is 4.79 Å². The van der Waals surface area contributed by atoms with Crippen LogP contribution in [-0.2, 0) is 38.0 Å². The monoisotopic (exact) mass is 666 g/mol. The molecule has 0 unspecified atom stereocenters. The first-order valence-corrected chi connectivity index (χ1v) is 19.0. The van der Waals surface area contributed by atoms with Crippen LogP contribution in [0.4, 0.5) is 0 Å². The van der Waals surface area contributed by atoms with Gasteiger partial charge in [0.25, 0.3) is 0 Å². The second-order valence-corrected chi connectivity index (χ2v) is 12.1. The van der Waals surface area contributed by atoms with Crippen LogP contribution in [0.5, 0.6) is 0 Å². The van der Waals surface area contributed by atoms with E-state index < -0.39 is 0 Å². The second kappa shape index (κ2) is 41.5. The predicted octanol–water partition coefficient (Wildman–Crippen LogP) is 8.69. The number of carbonyl (C=O) groups excluding carboxylic acids is 1. The van der Waals surface area contributed by atoms with E-state index in [0.717, 1.165) is 38.2 Å². The van der Waals surface area contributed by atoms with Crippen molar-refractivity contribution in [3.05, 3.63) is 0 Å². The molecule has 0 bridgehead atoms. The van der Waals surface area contributed by atoms with Crippen LogP contribution < -0.4 is 0 Å². The first-order chi connectivity index (χ1) is 22.3. The van der Waals surface area contributed by atoms with Gasteiger partial charge in [-0.05, 0) is 19.3 Å². The number of unbranched alkanes of at least 4 members (excludes halogenated alkanes) is 17. The van der Waals surface area contributed by atoms with E-state index in [-0.39, 0.29) is 5.97 Å². The number of hydrogen-bond acceptors (Lipinski definition) is 8. The molecule has 270 valence electrons. The van der Waals surface area contributed by atoms with E-state index in [1.54, 1.807) is 0 Å². The molecule has 0 fully saturated rings. The lowest BCUT2D eigenvalue weighted by Crippen LogP contribution is -2.15. The van der Waals surface area contributed by atoms with Crippen molar-refractivity contribution >= 4 is 17.6 Å². The lowest BCUT2D eigenvalue weighted by molar-refractivity contribution is -0.145. The highest BCUT2D eigenvalue weighted by molar-refractivity contribution is 6.17. The zero-order valence-electron chi connectivity index (χ0n) is 29.2. The molecule has 0 aliphatic rings. The molecule has 0 N–H and O–H groups in total. The molecule has 0 atom stereocenters. The smallest absolute Gasteiger partial charge is 0.305 e. The Bertz CT molecular complexity index is 555. The molecule has 0 aromatic rings. The van der Waals surface area contributed by atoms with Crippen LogP contribution in [0.25, 0.3) is 0 Å². The molecule has 0 saturated heterocycles. The van der Waals surface area contributed by atoms with Crippen molar-refractivity contribution in [2.24, 2.45) is 0 Å². The lowest BCUT2D eigenvalue weighted by atomic mass is 10.0. The minimum Gasteiger partial charge on any atom is -0.463 e. The van der Waals surface area contributed by atoms with Gasteiger partial charge in [0.1, 0.15) is 6.61 Å². The van der Waals surface area contributed by atoms with Crippen LogP contribution in [0.15, 0.2) is 0 Å². The van der Waals surface area contributed by atoms with Gasteiger partial charge in [-0.15, -0.1) is 11.6 Å². The zero-order chi connectivity index (χ0) is 32.6. The van der Waals surface area contributed by atoms with Gasteiger partial charge in [0.2, 0.25) is 0 Å². The van der Waals surface area contributed by atoms with E-state index in [9.17, 15) is 4.79 Å². The van der Waals surface area contributed by atoms with Gasteiger partial charge in [-0.25, -0.2) is 0 Å². The molecule has 0 radical (unpaired) electrons. The topological polar surface area (TPSA) is 81.7 Å². The normalized spacial score (nSPS) is 11.4. The van der Waals surface area contributed by atoms with Crippen molar-refractivity contribution in [1.82, 2.24) is 0 Å². The summed E-state index contributed by atoms with van der Waals surface area (Å²) >= 11 is 5.66. The van der Waals surface area contributed by atoms with E-state index >= 15 is 0 Å². The summed E-state index contributed by atoms with van der Waals surface area (Å²) in [6, 6.07) is 0. The highest BCUT2D eigenvalue weighted by Gasteiger charge is 2.03. The van der Waals surface area contributed by atoms with Gasteiger partial charge in [0, 0.05) is 18.9 Å². The number of alkyl halides is 1. The van der Waals surface area contributed by atoms with E-state index in [2.05, 4.69) is 6.92 Å². The van der Waals surface area contributed by atoms with E-state index in [0.29, 0.717) is 85.7 Å². The zero-order valence-corrected chi connectivity index (χ0v) is 29.9. The number of ether oxygens (including phenoxy) is 7. The van der Waals surface area contributed by atoms with Gasteiger partial charge in [0.15, 0.2) is 0 Å². The molecule has 9 heteroatoms. The Balaban J connectivity index is 3.13. The van der Waals surface area contributed by atoms with Crippen LogP contribution in [0.1, 0.15) is 135 Å². The molecular weight excluding hydrogens is 596 g/mol. The molecule has 0 aromatic carbocycles. The lowest BCUT2D eigenvalue weighted by Gasteiger charge is -2.08. The summed E-state index contributed by atoms with van der Waals surface area (Å²) in [5.74, 6) is 0.624. The molecule has 0 saturated carbocycles. The van der Waals surface area contributed by atoms with E-state index in [1.807, 2.05) is 0 Å². The Hall–Kier alpha value is -0.480. The van der Waals surface area contributed by atoms with Crippen LogP contribution in [-0.4, -0.2) is 97.7 Å². The summed E-state index contributed by atoms with van der Waals surface area (Å²) in [6.07, 6.45) is 24.8. The summed E-state index contributed by atoms with van der Waals surface area (Å²) in [5.41, 5.74) is 0. The molecule has 45 heavy (non-hydrogen) atoms. The van der Waals surface area contributed by atoms with Crippen molar-refractivity contribution in [2.45, 2.75) is 135 Å². The van der Waals surface area contributed by atoms with Gasteiger partial charge >= 0.3 is 5.97 Å². The van der Waals surface area contributed by atoms with Gasteiger partial charge in [-0.1, -0.05) is 110 Å². The number of carbonyl (C=O) groups is 1. The highest BCUT2D eigenvalue weighted by atomic mass is 35.5. The maximum Gasteiger partial charge on any atom is 0.305 e. The van der Waals surface area contributed by atoms with Crippen molar-refractivity contribution in [2.75, 3.05) is 91.8 Å². The van der Waals surface area contributed by atoms with Crippen molar-refractivity contribution < 1.29 is 38.0 Å². The number of halogens is 1.